The van der Waals surface area contributed by atoms with Gasteiger partial charge in [0.1, 0.15) is 12.2 Å². The minimum absolute atomic E-state index is 0.269. The number of carbonyl (C=O) groups is 2. The van der Waals surface area contributed by atoms with Crippen LogP contribution in [0.3, 0.4) is 0 Å². The van der Waals surface area contributed by atoms with Gasteiger partial charge in [-0.15, -0.1) is 0 Å². The number of hydrogen-bond donors (Lipinski definition) is 1. The van der Waals surface area contributed by atoms with Gasteiger partial charge in [0, 0.05) is 25.1 Å². The van der Waals surface area contributed by atoms with Gasteiger partial charge in [-0.25, -0.2) is 4.98 Å². The molecule has 1 aromatic heterocycles. The van der Waals surface area contributed by atoms with Crippen molar-refractivity contribution in [1.29, 1.82) is 0 Å². The van der Waals surface area contributed by atoms with Gasteiger partial charge in [-0.3, -0.25) is 19.6 Å². The molecule has 0 unspecified atom stereocenters. The van der Waals surface area contributed by atoms with Crippen LogP contribution >= 0.6 is 0 Å². The lowest BCUT2D eigenvalue weighted by Crippen LogP contribution is -2.32. The molecule has 2 rings (SSSR count). The van der Waals surface area contributed by atoms with Crippen LogP contribution in [0.4, 0.5) is 0 Å². The Hall–Kier alpha value is -1.98. The Kier molecular flexibility index (Phi) is 2.10. The minimum Gasteiger partial charge on any atom is -0.275 e. The summed E-state index contributed by atoms with van der Waals surface area (Å²) < 4.78 is 0. The number of H-pyrrole nitrogens is 1. The second-order valence-corrected chi connectivity index (χ2v) is 2.84. The van der Waals surface area contributed by atoms with Gasteiger partial charge in [0.25, 0.3) is 11.8 Å². The van der Waals surface area contributed by atoms with Crippen molar-refractivity contribution in [3.63, 3.8) is 0 Å². The first-order valence-electron chi connectivity index (χ1n) is 4.15. The number of hydrogen-bond acceptors (Lipinski definition) is 4. The average Bonchev–Trinajstić information content (AvgIpc) is 2.76. The Balaban J connectivity index is 1.93. The molecule has 1 aliphatic rings. The van der Waals surface area contributed by atoms with Crippen LogP contribution in [0.15, 0.2) is 18.5 Å². The summed E-state index contributed by atoms with van der Waals surface area (Å²) in [5.74, 6) is 0.126. The van der Waals surface area contributed by atoms with Crippen LogP contribution in [0.2, 0.25) is 0 Å². The van der Waals surface area contributed by atoms with E-state index in [2.05, 4.69) is 15.2 Å². The molecule has 0 fully saturated rings. The largest absolute Gasteiger partial charge is 0.275 e. The number of nitrogens with zero attached hydrogens (tertiary/aromatic N) is 3. The van der Waals surface area contributed by atoms with E-state index in [1.54, 1.807) is 0 Å². The van der Waals surface area contributed by atoms with Crippen molar-refractivity contribution in [1.82, 2.24) is 20.1 Å². The maximum atomic E-state index is 11.1. The summed E-state index contributed by atoms with van der Waals surface area (Å²) in [6, 6.07) is 0. The van der Waals surface area contributed by atoms with Crippen molar-refractivity contribution < 1.29 is 9.59 Å². The normalized spacial score (nSPS) is 15.6. The maximum Gasteiger partial charge on any atom is 0.253 e. The lowest BCUT2D eigenvalue weighted by molar-refractivity contribution is -0.136. The fourth-order valence-corrected chi connectivity index (χ4v) is 1.22. The predicted octanol–water partition coefficient (Wildman–Crippen LogP) is -0.728. The van der Waals surface area contributed by atoms with E-state index in [1.165, 1.54) is 23.4 Å². The second-order valence-electron chi connectivity index (χ2n) is 2.84. The molecular weight excluding hydrogens is 184 g/mol. The number of nitrogens with one attached hydrogen (secondary N) is 1. The molecule has 2 heterocycles. The average molecular weight is 192 g/mol. The lowest BCUT2D eigenvalue weighted by Gasteiger charge is -2.11. The van der Waals surface area contributed by atoms with Gasteiger partial charge < -0.3 is 0 Å². The number of carbonyl (C=O) groups excluding carboxylic acids is 2. The topological polar surface area (TPSA) is 79.0 Å². The summed E-state index contributed by atoms with van der Waals surface area (Å²) in [6.45, 7) is 0.333. The standard InChI is InChI=1S/C8H8N4O2/c13-7-1-2-8(14)12(7)4-3-6-9-5-10-11-6/h1-2,5H,3-4H2,(H,9,10,11). The SMILES string of the molecule is O=C1C=CC(=O)N1CCc1ncn[nH]1. The van der Waals surface area contributed by atoms with Crippen molar-refractivity contribution in [2.45, 2.75) is 6.42 Å². The molecule has 0 spiro atoms. The van der Waals surface area contributed by atoms with Crippen molar-refractivity contribution in [3.05, 3.63) is 24.3 Å². The maximum absolute atomic E-state index is 11.1. The lowest BCUT2D eigenvalue weighted by atomic mass is 10.4. The molecule has 72 valence electrons. The van der Waals surface area contributed by atoms with Crippen molar-refractivity contribution in [3.8, 4) is 0 Å². The summed E-state index contributed by atoms with van der Waals surface area (Å²) in [7, 11) is 0. The first-order chi connectivity index (χ1) is 6.77. The van der Waals surface area contributed by atoms with E-state index < -0.39 is 0 Å². The van der Waals surface area contributed by atoms with Crippen LogP contribution in [0, 0.1) is 0 Å². The van der Waals surface area contributed by atoms with E-state index in [-0.39, 0.29) is 11.8 Å². The molecule has 0 aliphatic carbocycles. The van der Waals surface area contributed by atoms with Crippen LogP contribution in [0.5, 0.6) is 0 Å². The molecule has 6 nitrogen and oxygen atoms in total. The monoisotopic (exact) mass is 192 g/mol. The van der Waals surface area contributed by atoms with Crippen LogP contribution in [-0.4, -0.2) is 38.4 Å². The molecule has 0 aromatic carbocycles. The van der Waals surface area contributed by atoms with E-state index in [9.17, 15) is 9.59 Å². The molecule has 1 aromatic rings. The molecule has 2 amide bonds. The Labute approximate surface area is 79.6 Å². The van der Waals surface area contributed by atoms with Gasteiger partial charge in [0.15, 0.2) is 0 Å². The minimum atomic E-state index is -0.269. The highest BCUT2D eigenvalue weighted by Gasteiger charge is 2.22. The van der Waals surface area contributed by atoms with Gasteiger partial charge in [-0.05, 0) is 0 Å². The zero-order valence-electron chi connectivity index (χ0n) is 7.30. The van der Waals surface area contributed by atoms with Crippen LogP contribution in [0.1, 0.15) is 5.82 Å². The molecule has 0 bridgehead atoms. The van der Waals surface area contributed by atoms with Crippen LogP contribution in [0.25, 0.3) is 0 Å². The number of rotatable bonds is 3. The Morgan fingerprint density at radius 1 is 1.29 bits per heavy atom. The second kappa shape index (κ2) is 3.41. The summed E-state index contributed by atoms with van der Waals surface area (Å²) in [5.41, 5.74) is 0. The van der Waals surface area contributed by atoms with E-state index in [1.807, 2.05) is 0 Å². The van der Waals surface area contributed by atoms with Gasteiger partial charge >= 0.3 is 0 Å². The van der Waals surface area contributed by atoms with Crippen molar-refractivity contribution >= 4 is 11.8 Å². The molecule has 0 radical (unpaired) electrons. The third kappa shape index (κ3) is 1.54. The Morgan fingerprint density at radius 2 is 2.00 bits per heavy atom. The smallest absolute Gasteiger partial charge is 0.253 e. The van der Waals surface area contributed by atoms with Crippen molar-refractivity contribution in [2.24, 2.45) is 0 Å². The quantitative estimate of drug-likeness (QED) is 0.640. The van der Waals surface area contributed by atoms with Gasteiger partial charge in [0.05, 0.1) is 0 Å². The summed E-state index contributed by atoms with van der Waals surface area (Å²) in [6.07, 6.45) is 4.42. The van der Waals surface area contributed by atoms with E-state index in [0.29, 0.717) is 18.8 Å². The fraction of sp³-hybridized carbons (Fsp3) is 0.250. The molecule has 14 heavy (non-hydrogen) atoms. The molecule has 1 aliphatic heterocycles. The molecule has 1 N–H and O–H groups in total. The number of aromatic nitrogens is 3. The Bertz CT molecular complexity index is 364. The third-order valence-corrected chi connectivity index (χ3v) is 1.94. The van der Waals surface area contributed by atoms with Crippen LogP contribution < -0.4 is 0 Å². The highest BCUT2D eigenvalue weighted by molar-refractivity contribution is 6.12. The number of amides is 2. The summed E-state index contributed by atoms with van der Waals surface area (Å²) in [5, 5.41) is 6.33. The molecule has 0 saturated carbocycles. The summed E-state index contributed by atoms with van der Waals surface area (Å²) >= 11 is 0. The first kappa shape index (κ1) is 8.61. The third-order valence-electron chi connectivity index (χ3n) is 1.94. The van der Waals surface area contributed by atoms with Crippen molar-refractivity contribution in [2.75, 3.05) is 6.54 Å². The fourth-order valence-electron chi connectivity index (χ4n) is 1.22. The molecule has 0 atom stereocenters. The highest BCUT2D eigenvalue weighted by atomic mass is 16.2. The summed E-state index contributed by atoms with van der Waals surface area (Å²) in [4.78, 5) is 27.3. The zero-order chi connectivity index (χ0) is 9.97. The molecule has 0 saturated heterocycles. The van der Waals surface area contributed by atoms with E-state index in [0.717, 1.165) is 0 Å². The molecular formula is C8H8N4O2. The number of imide groups is 1. The predicted molar refractivity (Wildman–Crippen MR) is 45.9 cm³/mol. The van der Waals surface area contributed by atoms with Gasteiger partial charge in [-0.2, -0.15) is 5.10 Å². The number of aromatic amines is 1. The highest BCUT2D eigenvalue weighted by Crippen LogP contribution is 2.04. The van der Waals surface area contributed by atoms with Crippen LogP contribution in [-0.2, 0) is 16.0 Å². The first-order valence-corrected chi connectivity index (χ1v) is 4.15. The van der Waals surface area contributed by atoms with Gasteiger partial charge in [0.2, 0.25) is 0 Å². The van der Waals surface area contributed by atoms with E-state index >= 15 is 0 Å². The molecule has 6 heteroatoms. The zero-order valence-corrected chi connectivity index (χ0v) is 7.30. The van der Waals surface area contributed by atoms with Gasteiger partial charge in [-0.1, -0.05) is 0 Å². The van der Waals surface area contributed by atoms with E-state index in [4.69, 9.17) is 0 Å². The Morgan fingerprint density at radius 3 is 2.57 bits per heavy atom.